The minimum atomic E-state index is -4.21. The van der Waals surface area contributed by atoms with Crippen molar-refractivity contribution in [3.63, 3.8) is 0 Å². The van der Waals surface area contributed by atoms with E-state index in [2.05, 4.69) is 0 Å². The normalized spacial score (nSPS) is 12.1. The van der Waals surface area contributed by atoms with Gasteiger partial charge in [-0.1, -0.05) is 29.8 Å². The number of hydrogen-bond acceptors (Lipinski definition) is 6. The number of anilines is 1. The lowest BCUT2D eigenvalue weighted by Crippen LogP contribution is -2.33. The Bertz CT molecular complexity index is 1230. The molecule has 0 radical (unpaired) electrons. The third kappa shape index (κ3) is 4.63. The predicted octanol–water partition coefficient (Wildman–Crippen LogP) is 5.22. The zero-order chi connectivity index (χ0) is 23.5. The Labute approximate surface area is 191 Å². The zero-order valence-corrected chi connectivity index (χ0v) is 19.1. The van der Waals surface area contributed by atoms with E-state index in [1.165, 1.54) is 36.7 Å². The molecule has 0 aliphatic rings. The van der Waals surface area contributed by atoms with Crippen LogP contribution in [0, 0.1) is 10.1 Å². The van der Waals surface area contributed by atoms with Crippen molar-refractivity contribution in [2.75, 3.05) is 18.5 Å². The molecule has 0 unspecified atom stereocenters. The first-order valence-corrected chi connectivity index (χ1v) is 11.3. The number of nitrogens with zero attached hydrogens (tertiary/aromatic N) is 2. The average Bonchev–Trinajstić information content (AvgIpc) is 2.79. The van der Waals surface area contributed by atoms with Crippen molar-refractivity contribution < 1.29 is 22.8 Å². The van der Waals surface area contributed by atoms with E-state index in [9.17, 15) is 18.5 Å². The largest absolute Gasteiger partial charge is 0.493 e. The second-order valence-corrected chi connectivity index (χ2v) is 9.07. The van der Waals surface area contributed by atoms with Gasteiger partial charge in [0, 0.05) is 23.2 Å². The van der Waals surface area contributed by atoms with E-state index in [0.29, 0.717) is 27.8 Å². The molecule has 0 bridgehead atoms. The number of nitro benzene ring substituents is 1. The number of methoxy groups -OCH3 is 2. The summed E-state index contributed by atoms with van der Waals surface area (Å²) in [7, 11) is -1.29. The van der Waals surface area contributed by atoms with E-state index in [1.807, 2.05) is 0 Å². The molecule has 10 heteroatoms. The lowest BCUT2D eigenvalue weighted by Gasteiger charge is -2.31. The number of nitro groups is 1. The van der Waals surface area contributed by atoms with Gasteiger partial charge in [-0.15, -0.1) is 0 Å². The highest BCUT2D eigenvalue weighted by molar-refractivity contribution is 7.92. The molecule has 0 spiro atoms. The summed E-state index contributed by atoms with van der Waals surface area (Å²) in [6, 6.07) is 15.8. The second-order valence-electron chi connectivity index (χ2n) is 6.82. The van der Waals surface area contributed by atoms with Crippen LogP contribution in [0.2, 0.25) is 5.02 Å². The Morgan fingerprint density at radius 3 is 2.22 bits per heavy atom. The monoisotopic (exact) mass is 476 g/mol. The highest BCUT2D eigenvalue weighted by Gasteiger charge is 2.32. The summed E-state index contributed by atoms with van der Waals surface area (Å²) in [5.41, 5.74) is 0.660. The van der Waals surface area contributed by atoms with Crippen molar-refractivity contribution in [2.24, 2.45) is 0 Å². The summed E-state index contributed by atoms with van der Waals surface area (Å²) in [5.74, 6) is 0.774. The van der Waals surface area contributed by atoms with Gasteiger partial charge in [-0.3, -0.25) is 14.4 Å². The van der Waals surface area contributed by atoms with Crippen molar-refractivity contribution in [1.29, 1.82) is 0 Å². The van der Waals surface area contributed by atoms with Crippen molar-refractivity contribution in [1.82, 2.24) is 0 Å². The highest BCUT2D eigenvalue weighted by Crippen LogP contribution is 2.38. The van der Waals surface area contributed by atoms with Gasteiger partial charge in [0.15, 0.2) is 11.5 Å². The van der Waals surface area contributed by atoms with Crippen molar-refractivity contribution in [3.05, 3.63) is 87.4 Å². The Hall–Kier alpha value is -3.30. The molecule has 3 rings (SSSR count). The van der Waals surface area contributed by atoms with Gasteiger partial charge >= 0.3 is 0 Å². The van der Waals surface area contributed by atoms with E-state index in [-0.39, 0.29) is 10.6 Å². The van der Waals surface area contributed by atoms with E-state index in [0.717, 1.165) is 6.07 Å². The topological polar surface area (TPSA) is 99.0 Å². The first-order valence-electron chi connectivity index (χ1n) is 9.45. The van der Waals surface area contributed by atoms with Crippen molar-refractivity contribution >= 4 is 33.0 Å². The Morgan fingerprint density at radius 1 is 0.969 bits per heavy atom. The molecule has 0 aliphatic carbocycles. The molecule has 8 nitrogen and oxygen atoms in total. The number of sulfonamides is 1. The van der Waals surface area contributed by atoms with Crippen LogP contribution in [-0.2, 0) is 10.0 Å². The van der Waals surface area contributed by atoms with Crippen LogP contribution in [0.3, 0.4) is 0 Å². The molecule has 1 atom stereocenters. The van der Waals surface area contributed by atoms with Crippen LogP contribution in [0.25, 0.3) is 0 Å². The predicted molar refractivity (Wildman–Crippen MR) is 122 cm³/mol. The molecule has 0 amide bonds. The number of benzene rings is 3. The summed E-state index contributed by atoms with van der Waals surface area (Å²) in [6.07, 6.45) is 0. The van der Waals surface area contributed by atoms with Gasteiger partial charge in [0.1, 0.15) is 0 Å². The maximum atomic E-state index is 13.7. The number of ether oxygens (including phenoxy) is 2. The molecular weight excluding hydrogens is 456 g/mol. The summed E-state index contributed by atoms with van der Waals surface area (Å²) in [6.45, 7) is 1.72. The maximum absolute atomic E-state index is 13.7. The molecule has 0 aliphatic heterocycles. The standard InChI is InChI=1S/C22H21ClN2O6S/c1-15(16-7-9-17(23)10-8-16)24(18-11-12-21(30-2)22(14-18)31-3)32(28,29)20-6-4-5-19(13-20)25(26)27/h4-15H,1-3H3/t15-/m0/s1. The first-order chi connectivity index (χ1) is 15.2. The van der Waals surface area contributed by atoms with Crippen LogP contribution in [0.1, 0.15) is 18.5 Å². The third-order valence-corrected chi connectivity index (χ3v) is 7.06. The van der Waals surface area contributed by atoms with Crippen LogP contribution in [0.4, 0.5) is 11.4 Å². The number of halogens is 1. The fourth-order valence-corrected chi connectivity index (χ4v) is 5.08. The van der Waals surface area contributed by atoms with Gasteiger partial charge in [0.05, 0.1) is 35.8 Å². The molecule has 0 saturated heterocycles. The Kier molecular flexibility index (Phi) is 6.90. The maximum Gasteiger partial charge on any atom is 0.270 e. The molecular formula is C22H21ClN2O6S. The molecule has 0 saturated carbocycles. The molecule has 0 aromatic heterocycles. The smallest absolute Gasteiger partial charge is 0.270 e. The lowest BCUT2D eigenvalue weighted by molar-refractivity contribution is -0.385. The van der Waals surface area contributed by atoms with Crippen LogP contribution in [0.5, 0.6) is 11.5 Å². The number of non-ortho nitro benzene ring substituents is 1. The minimum absolute atomic E-state index is 0.206. The summed E-state index contributed by atoms with van der Waals surface area (Å²) < 4.78 is 39.3. The fourth-order valence-electron chi connectivity index (χ4n) is 3.28. The van der Waals surface area contributed by atoms with Gasteiger partial charge in [0.2, 0.25) is 0 Å². The Morgan fingerprint density at radius 2 is 1.62 bits per heavy atom. The van der Waals surface area contributed by atoms with Crippen LogP contribution >= 0.6 is 11.6 Å². The van der Waals surface area contributed by atoms with Crippen LogP contribution in [0.15, 0.2) is 71.6 Å². The summed E-state index contributed by atoms with van der Waals surface area (Å²) in [4.78, 5) is 10.4. The van der Waals surface area contributed by atoms with Crippen LogP contribution < -0.4 is 13.8 Å². The molecule has 0 heterocycles. The summed E-state index contributed by atoms with van der Waals surface area (Å²) >= 11 is 5.99. The van der Waals surface area contributed by atoms with E-state index < -0.39 is 21.0 Å². The van der Waals surface area contributed by atoms with Crippen molar-refractivity contribution in [3.8, 4) is 11.5 Å². The molecule has 32 heavy (non-hydrogen) atoms. The molecule has 168 valence electrons. The lowest BCUT2D eigenvalue weighted by atomic mass is 10.1. The van der Waals surface area contributed by atoms with Crippen molar-refractivity contribution in [2.45, 2.75) is 17.9 Å². The van der Waals surface area contributed by atoms with Crippen LogP contribution in [-0.4, -0.2) is 27.6 Å². The Balaban J connectivity index is 2.21. The average molecular weight is 477 g/mol. The fraction of sp³-hybridized carbons (Fsp3) is 0.182. The molecule has 0 fully saturated rings. The minimum Gasteiger partial charge on any atom is -0.493 e. The first kappa shape index (κ1) is 23.4. The second kappa shape index (κ2) is 9.46. The van der Waals surface area contributed by atoms with Gasteiger partial charge in [-0.2, -0.15) is 0 Å². The van der Waals surface area contributed by atoms with Gasteiger partial charge in [-0.25, -0.2) is 8.42 Å². The molecule has 3 aromatic carbocycles. The van der Waals surface area contributed by atoms with Gasteiger partial charge < -0.3 is 9.47 Å². The quantitative estimate of drug-likeness (QED) is 0.326. The summed E-state index contributed by atoms with van der Waals surface area (Å²) in [5, 5.41) is 11.7. The van der Waals surface area contributed by atoms with E-state index in [4.69, 9.17) is 21.1 Å². The third-order valence-electron chi connectivity index (χ3n) is 4.91. The number of hydrogen-bond donors (Lipinski definition) is 0. The molecule has 3 aromatic rings. The van der Waals surface area contributed by atoms with Gasteiger partial charge in [-0.05, 0) is 42.8 Å². The van der Waals surface area contributed by atoms with Gasteiger partial charge in [0.25, 0.3) is 15.7 Å². The highest BCUT2D eigenvalue weighted by atomic mass is 35.5. The SMILES string of the molecule is COc1ccc(N([C@@H](C)c2ccc(Cl)cc2)S(=O)(=O)c2cccc([N+](=O)[O-])c2)cc1OC. The molecule has 0 N–H and O–H groups in total. The van der Waals surface area contributed by atoms with E-state index in [1.54, 1.807) is 49.4 Å². The number of rotatable bonds is 8. The zero-order valence-electron chi connectivity index (χ0n) is 17.6. The van der Waals surface area contributed by atoms with E-state index >= 15 is 0 Å².